The van der Waals surface area contributed by atoms with Crippen LogP contribution in [-0.2, 0) is 20.7 Å². The van der Waals surface area contributed by atoms with Crippen LogP contribution in [0.25, 0.3) is 0 Å². The van der Waals surface area contributed by atoms with Gasteiger partial charge in [-0.05, 0) is 30.4 Å². The number of unbranched alkanes of at least 4 members (excludes halogenated alkanes) is 1. The number of esters is 1. The lowest BCUT2D eigenvalue weighted by atomic mass is 10.0. The monoisotopic (exact) mass is 274 g/mol. The molecule has 2 N–H and O–H groups in total. The summed E-state index contributed by atoms with van der Waals surface area (Å²) in [6, 6.07) is -0.179. The van der Waals surface area contributed by atoms with Crippen LogP contribution in [0.5, 0.6) is 0 Å². The number of hydrogen-bond acceptors (Lipinski definition) is 4. The van der Waals surface area contributed by atoms with E-state index < -0.39 is 11.2 Å². The van der Waals surface area contributed by atoms with Crippen LogP contribution in [0.2, 0.25) is 0 Å². The first-order valence-corrected chi connectivity index (χ1v) is 7.51. The van der Waals surface area contributed by atoms with Crippen molar-refractivity contribution in [3.8, 4) is 0 Å². The van der Waals surface area contributed by atoms with E-state index in [4.69, 9.17) is 0 Å². The molecule has 4 atom stereocenters. The second-order valence-corrected chi connectivity index (χ2v) is 6.36. The van der Waals surface area contributed by atoms with Gasteiger partial charge in [-0.15, -0.1) is 0 Å². The Balaban J connectivity index is 1.75. The van der Waals surface area contributed by atoms with Crippen molar-refractivity contribution in [1.29, 1.82) is 0 Å². The van der Waals surface area contributed by atoms with Crippen LogP contribution in [0.15, 0.2) is 0 Å². The summed E-state index contributed by atoms with van der Waals surface area (Å²) >= 11 is -0.894. The van der Waals surface area contributed by atoms with E-state index in [1.54, 1.807) is 0 Å². The molecule has 18 heavy (non-hydrogen) atoms. The summed E-state index contributed by atoms with van der Waals surface area (Å²) in [7, 11) is 1.37. The summed E-state index contributed by atoms with van der Waals surface area (Å²) in [6.07, 6.45) is 2.73. The number of hydrogen-bond donors (Lipinski definition) is 2. The van der Waals surface area contributed by atoms with Crippen LogP contribution in [0, 0.1) is 0 Å². The van der Waals surface area contributed by atoms with Crippen LogP contribution in [0.4, 0.5) is 4.79 Å². The first kappa shape index (κ1) is 13.5. The average molecular weight is 274 g/mol. The predicted molar refractivity (Wildman–Crippen MR) is 66.5 cm³/mol. The van der Waals surface area contributed by atoms with Gasteiger partial charge in [-0.25, -0.2) is 4.79 Å². The van der Waals surface area contributed by atoms with E-state index in [-0.39, 0.29) is 29.3 Å². The molecule has 2 saturated heterocycles. The van der Waals surface area contributed by atoms with Crippen molar-refractivity contribution in [2.24, 2.45) is 0 Å². The van der Waals surface area contributed by atoms with Crippen LogP contribution in [0.1, 0.15) is 25.7 Å². The fourth-order valence-electron chi connectivity index (χ4n) is 2.54. The lowest BCUT2D eigenvalue weighted by Gasteiger charge is -2.17. The van der Waals surface area contributed by atoms with E-state index >= 15 is 0 Å². The number of amides is 2. The van der Waals surface area contributed by atoms with Crippen LogP contribution >= 0.6 is 0 Å². The van der Waals surface area contributed by atoms with Crippen molar-refractivity contribution in [3.63, 3.8) is 0 Å². The molecule has 7 heteroatoms. The Morgan fingerprint density at radius 3 is 3.00 bits per heavy atom. The number of methoxy groups -OCH3 is 1. The van der Waals surface area contributed by atoms with Gasteiger partial charge < -0.3 is 19.9 Å². The molecule has 2 rings (SSSR count). The minimum Gasteiger partial charge on any atom is -0.616 e. The summed E-state index contributed by atoms with van der Waals surface area (Å²) in [4.78, 5) is 22.1. The zero-order valence-corrected chi connectivity index (χ0v) is 11.1. The molecule has 0 bridgehead atoms. The van der Waals surface area contributed by atoms with Gasteiger partial charge in [0.2, 0.25) is 0 Å². The number of nitrogens with one attached hydrogen (secondary N) is 2. The molecule has 2 fully saturated rings. The Morgan fingerprint density at radius 1 is 1.50 bits per heavy atom. The molecule has 102 valence electrons. The summed E-state index contributed by atoms with van der Waals surface area (Å²) in [5.74, 6) is 0.321. The highest BCUT2D eigenvalue weighted by Gasteiger charge is 2.50. The fraction of sp³-hybridized carbons (Fsp3) is 0.818. The van der Waals surface area contributed by atoms with E-state index in [1.807, 2.05) is 0 Å². The maximum Gasteiger partial charge on any atom is 0.315 e. The zero-order chi connectivity index (χ0) is 13.1. The van der Waals surface area contributed by atoms with Gasteiger partial charge in [0.05, 0.1) is 7.11 Å². The third kappa shape index (κ3) is 2.89. The zero-order valence-electron chi connectivity index (χ0n) is 10.3. The Kier molecular flexibility index (Phi) is 4.34. The van der Waals surface area contributed by atoms with Crippen molar-refractivity contribution in [2.75, 3.05) is 12.9 Å². The summed E-state index contributed by atoms with van der Waals surface area (Å²) in [5.41, 5.74) is 0. The van der Waals surface area contributed by atoms with E-state index in [0.717, 1.165) is 19.3 Å². The SMILES string of the molecule is COC(=O)CCCCC1[C@H]2NC(=O)N[C@H]2C[S+]1[O-]. The molecule has 0 saturated carbocycles. The van der Waals surface area contributed by atoms with Crippen molar-refractivity contribution < 1.29 is 18.9 Å². The quantitative estimate of drug-likeness (QED) is 0.317. The Hall–Kier alpha value is -0.950. The Labute approximate surface area is 109 Å². The maximum absolute atomic E-state index is 11.9. The molecule has 0 radical (unpaired) electrons. The molecule has 0 aromatic heterocycles. The number of ether oxygens (including phenoxy) is 1. The fourth-order valence-corrected chi connectivity index (χ4v) is 4.45. The van der Waals surface area contributed by atoms with Crippen molar-refractivity contribution in [1.82, 2.24) is 10.6 Å². The maximum atomic E-state index is 11.9. The molecule has 0 spiro atoms. The van der Waals surface area contributed by atoms with E-state index in [2.05, 4.69) is 15.4 Å². The number of urea groups is 1. The molecule has 2 aliphatic heterocycles. The van der Waals surface area contributed by atoms with Gasteiger partial charge in [-0.3, -0.25) is 4.79 Å². The standard InChI is InChI=1S/C11H18N2O4S/c1-17-9(14)5-3-2-4-8-10-7(6-18(8)16)12-11(15)13-10/h7-8,10H,2-6H2,1H3,(H2,12,13,15)/t7-,8?,10-,18?/m0/s1. The second kappa shape index (κ2) is 5.79. The number of fused-ring (bicyclic) bond motifs is 1. The minimum absolute atomic E-state index is 0.00365. The third-order valence-electron chi connectivity index (χ3n) is 3.48. The highest BCUT2D eigenvalue weighted by atomic mass is 32.2. The highest BCUT2D eigenvalue weighted by Crippen LogP contribution is 2.28. The Bertz CT molecular complexity index is 339. The van der Waals surface area contributed by atoms with Crippen molar-refractivity contribution >= 4 is 23.2 Å². The van der Waals surface area contributed by atoms with Gasteiger partial charge in [-0.2, -0.15) is 0 Å². The number of rotatable bonds is 5. The normalized spacial score (nSPS) is 33.8. The molecule has 0 aromatic carbocycles. The predicted octanol–water partition coefficient (Wildman–Crippen LogP) is -0.0993. The molecule has 6 nitrogen and oxygen atoms in total. The minimum atomic E-state index is -0.894. The largest absolute Gasteiger partial charge is 0.616 e. The number of carbonyl (C=O) groups excluding carboxylic acids is 2. The van der Waals surface area contributed by atoms with Crippen LogP contribution < -0.4 is 10.6 Å². The van der Waals surface area contributed by atoms with Gasteiger partial charge in [0, 0.05) is 6.42 Å². The summed E-state index contributed by atoms with van der Waals surface area (Å²) in [6.45, 7) is 0. The van der Waals surface area contributed by atoms with Crippen molar-refractivity contribution in [2.45, 2.75) is 43.0 Å². The van der Waals surface area contributed by atoms with E-state index in [0.29, 0.717) is 12.2 Å². The molecule has 2 aliphatic rings. The second-order valence-electron chi connectivity index (χ2n) is 4.66. The molecular formula is C11H18N2O4S. The lowest BCUT2D eigenvalue weighted by Crippen LogP contribution is -2.39. The van der Waals surface area contributed by atoms with Gasteiger partial charge >= 0.3 is 12.0 Å². The molecule has 2 amide bonds. The highest BCUT2D eigenvalue weighted by molar-refractivity contribution is 7.92. The topological polar surface area (TPSA) is 90.5 Å². The summed E-state index contributed by atoms with van der Waals surface area (Å²) < 4.78 is 16.5. The Morgan fingerprint density at radius 2 is 2.28 bits per heavy atom. The third-order valence-corrected chi connectivity index (χ3v) is 5.37. The van der Waals surface area contributed by atoms with Gasteiger partial charge in [-0.1, -0.05) is 0 Å². The smallest absolute Gasteiger partial charge is 0.315 e. The molecule has 2 heterocycles. The molecule has 0 aromatic rings. The molecule has 2 unspecified atom stereocenters. The van der Waals surface area contributed by atoms with Crippen LogP contribution in [0.3, 0.4) is 0 Å². The van der Waals surface area contributed by atoms with Gasteiger partial charge in [0.1, 0.15) is 23.1 Å². The van der Waals surface area contributed by atoms with Gasteiger partial charge in [0.15, 0.2) is 0 Å². The summed E-state index contributed by atoms with van der Waals surface area (Å²) in [5, 5.41) is 5.61. The lowest BCUT2D eigenvalue weighted by molar-refractivity contribution is -0.140. The van der Waals surface area contributed by atoms with E-state index in [1.165, 1.54) is 7.11 Å². The first-order chi connectivity index (χ1) is 8.61. The number of carbonyl (C=O) groups is 2. The molecule has 0 aliphatic carbocycles. The molecular weight excluding hydrogens is 256 g/mol. The van der Waals surface area contributed by atoms with Gasteiger partial charge in [0.25, 0.3) is 0 Å². The van der Waals surface area contributed by atoms with Crippen molar-refractivity contribution in [3.05, 3.63) is 0 Å². The first-order valence-electron chi connectivity index (χ1n) is 6.13. The van der Waals surface area contributed by atoms with Crippen LogP contribution in [-0.4, -0.2) is 46.7 Å². The van der Waals surface area contributed by atoms with E-state index in [9.17, 15) is 14.1 Å². The average Bonchev–Trinajstić information content (AvgIpc) is 2.81.